The van der Waals surface area contributed by atoms with Gasteiger partial charge in [-0.25, -0.2) is 15.0 Å². The predicted molar refractivity (Wildman–Crippen MR) is 126 cm³/mol. The molecule has 0 saturated carbocycles. The summed E-state index contributed by atoms with van der Waals surface area (Å²) >= 11 is 1.54. The van der Waals surface area contributed by atoms with Gasteiger partial charge in [-0.05, 0) is 42.8 Å². The second kappa shape index (κ2) is 10.7. The lowest BCUT2D eigenvalue weighted by Gasteiger charge is -2.14. The number of amides is 1. The molecule has 0 radical (unpaired) electrons. The van der Waals surface area contributed by atoms with Gasteiger partial charge in [0.25, 0.3) is 0 Å². The number of nitrogens with zero attached hydrogens (tertiary/aromatic N) is 3. The Morgan fingerprint density at radius 3 is 2.82 bits per heavy atom. The number of carbonyl (C=O) groups is 1. The van der Waals surface area contributed by atoms with Gasteiger partial charge < -0.3 is 25.2 Å². The molecule has 0 saturated heterocycles. The number of hydrogen-bond acceptors (Lipinski definition) is 9. The summed E-state index contributed by atoms with van der Waals surface area (Å²) in [6, 6.07) is 11.4. The molecule has 2 aromatic heterocycles. The van der Waals surface area contributed by atoms with E-state index in [9.17, 15) is 4.79 Å². The van der Waals surface area contributed by atoms with Gasteiger partial charge in [-0.3, -0.25) is 4.79 Å². The Hall–Kier alpha value is -3.76. The molecule has 1 amide bonds. The fourth-order valence-electron chi connectivity index (χ4n) is 3.19. The molecule has 4 aromatic rings. The summed E-state index contributed by atoms with van der Waals surface area (Å²) in [4.78, 5) is 24.2. The number of aryl methyl sites for hydroxylation is 1. The van der Waals surface area contributed by atoms with E-state index < -0.39 is 12.5 Å². The van der Waals surface area contributed by atoms with Crippen LogP contribution >= 0.6 is 11.3 Å². The average Bonchev–Trinajstić information content (AvgIpc) is 3.35. The highest BCUT2D eigenvalue weighted by Crippen LogP contribution is 2.32. The third-order valence-corrected chi connectivity index (χ3v) is 5.38. The largest absolute Gasteiger partial charge is 0.491 e. The second-order valence-electron chi connectivity index (χ2n) is 7.10. The topological polar surface area (TPSA) is 118 Å². The molecule has 33 heavy (non-hydrogen) atoms. The highest BCUT2D eigenvalue weighted by atomic mass is 32.1. The van der Waals surface area contributed by atoms with Crippen LogP contribution in [0.2, 0.25) is 0 Å². The summed E-state index contributed by atoms with van der Waals surface area (Å²) in [5.41, 5.74) is 5.23. The van der Waals surface area contributed by atoms with Gasteiger partial charge >= 0.3 is 0 Å². The van der Waals surface area contributed by atoms with Crippen molar-refractivity contribution in [3.8, 4) is 11.5 Å². The first-order valence-corrected chi connectivity index (χ1v) is 11.2. The minimum absolute atomic E-state index is 0.239. The summed E-state index contributed by atoms with van der Waals surface area (Å²) in [5.74, 6) is 1.53. The van der Waals surface area contributed by atoms with E-state index in [0.717, 1.165) is 33.6 Å². The monoisotopic (exact) mass is 465 g/mol. The Kier molecular flexibility index (Phi) is 7.28. The van der Waals surface area contributed by atoms with E-state index in [4.69, 9.17) is 14.6 Å². The van der Waals surface area contributed by atoms with Crippen LogP contribution in [0.25, 0.3) is 10.9 Å². The molecule has 0 aliphatic carbocycles. The molecule has 9 nitrogen and oxygen atoms in total. The van der Waals surface area contributed by atoms with Crippen LogP contribution in [0.4, 0.5) is 11.5 Å². The second-order valence-corrected chi connectivity index (χ2v) is 7.82. The van der Waals surface area contributed by atoms with Crippen molar-refractivity contribution < 1.29 is 19.4 Å². The van der Waals surface area contributed by atoms with Crippen molar-refractivity contribution in [3.05, 3.63) is 64.9 Å². The Balaban J connectivity index is 1.49. The predicted octanol–water partition coefficient (Wildman–Crippen LogP) is 3.20. The Labute approximate surface area is 194 Å². The van der Waals surface area contributed by atoms with Crippen molar-refractivity contribution >= 4 is 39.7 Å². The van der Waals surface area contributed by atoms with E-state index in [1.807, 2.05) is 48.7 Å². The van der Waals surface area contributed by atoms with Crippen LogP contribution in [-0.4, -0.2) is 45.7 Å². The van der Waals surface area contributed by atoms with Gasteiger partial charge in [0.15, 0.2) is 0 Å². The van der Waals surface area contributed by atoms with Crippen LogP contribution in [0, 0.1) is 6.92 Å². The number of aliphatic hydroxyl groups is 1. The van der Waals surface area contributed by atoms with Crippen molar-refractivity contribution in [3.63, 3.8) is 0 Å². The first kappa shape index (κ1) is 22.4. The van der Waals surface area contributed by atoms with Crippen molar-refractivity contribution in [2.75, 3.05) is 25.1 Å². The van der Waals surface area contributed by atoms with Crippen LogP contribution in [-0.2, 0) is 11.4 Å². The molecule has 0 fully saturated rings. The third kappa shape index (κ3) is 5.73. The van der Waals surface area contributed by atoms with Crippen molar-refractivity contribution in [2.45, 2.75) is 13.5 Å². The maximum absolute atomic E-state index is 11.2. The maximum atomic E-state index is 11.2. The number of carbonyl (C=O) groups excluding carboxylic acids is 1. The van der Waals surface area contributed by atoms with E-state index in [-0.39, 0.29) is 13.2 Å². The van der Waals surface area contributed by atoms with Gasteiger partial charge in [0.1, 0.15) is 43.5 Å². The zero-order chi connectivity index (χ0) is 23.0. The molecule has 0 atom stereocenters. The summed E-state index contributed by atoms with van der Waals surface area (Å²) in [7, 11) is 0. The number of fused-ring (bicyclic) bond motifs is 1. The number of aromatic nitrogens is 3. The van der Waals surface area contributed by atoms with E-state index in [1.165, 1.54) is 6.33 Å². The van der Waals surface area contributed by atoms with E-state index in [2.05, 4.69) is 25.6 Å². The van der Waals surface area contributed by atoms with Gasteiger partial charge in [-0.2, -0.15) is 0 Å². The first-order chi connectivity index (χ1) is 16.1. The van der Waals surface area contributed by atoms with Crippen LogP contribution in [0.3, 0.4) is 0 Å². The number of thiazole rings is 1. The van der Waals surface area contributed by atoms with Gasteiger partial charge in [-0.15, -0.1) is 11.3 Å². The van der Waals surface area contributed by atoms with Crippen molar-refractivity contribution in [1.29, 1.82) is 0 Å². The zero-order valence-electron chi connectivity index (χ0n) is 17.9. The molecule has 3 N–H and O–H groups in total. The summed E-state index contributed by atoms with van der Waals surface area (Å²) in [6.45, 7) is 2.36. The highest BCUT2D eigenvalue weighted by Gasteiger charge is 2.12. The summed E-state index contributed by atoms with van der Waals surface area (Å²) in [6.07, 6.45) is 1.49. The van der Waals surface area contributed by atoms with E-state index in [1.54, 1.807) is 16.8 Å². The fraction of sp³-hybridized carbons (Fsp3) is 0.217. The lowest BCUT2D eigenvalue weighted by Crippen LogP contribution is -2.30. The standard InChI is InChI=1S/C23H23N5O4S/c1-15-9-16(5-6-19(15)32-11-17-12-33-14-27-17)28-23-22-18(25-13-26-23)3-2-4-20(22)31-8-7-24-21(30)10-29/h2-6,9,12-14,29H,7-8,10-11H2,1H3,(H,24,30)(H,25,26,28). The quantitative estimate of drug-likeness (QED) is 0.306. The van der Waals surface area contributed by atoms with E-state index >= 15 is 0 Å². The van der Waals surface area contributed by atoms with Crippen LogP contribution in [0.1, 0.15) is 11.3 Å². The number of hydrogen-bond donors (Lipinski definition) is 3. The lowest BCUT2D eigenvalue weighted by molar-refractivity contribution is -0.123. The number of benzene rings is 2. The summed E-state index contributed by atoms with van der Waals surface area (Å²) in [5, 5.41) is 17.4. The molecule has 0 aliphatic heterocycles. The van der Waals surface area contributed by atoms with Gasteiger partial charge in [0.2, 0.25) is 5.91 Å². The van der Waals surface area contributed by atoms with Crippen LogP contribution < -0.4 is 20.1 Å². The molecule has 2 aromatic carbocycles. The molecule has 4 rings (SSSR count). The molecule has 170 valence electrons. The average molecular weight is 466 g/mol. The molecule has 0 aliphatic rings. The molecule has 0 spiro atoms. The lowest BCUT2D eigenvalue weighted by atomic mass is 10.1. The molecule has 0 bridgehead atoms. The first-order valence-electron chi connectivity index (χ1n) is 10.3. The number of anilines is 2. The molecule has 10 heteroatoms. The number of rotatable bonds is 10. The van der Waals surface area contributed by atoms with Gasteiger partial charge in [0.05, 0.1) is 28.7 Å². The van der Waals surface area contributed by atoms with Crippen molar-refractivity contribution in [1.82, 2.24) is 20.3 Å². The highest BCUT2D eigenvalue weighted by molar-refractivity contribution is 7.07. The molecular weight excluding hydrogens is 442 g/mol. The van der Waals surface area contributed by atoms with Gasteiger partial charge in [-0.1, -0.05) is 6.07 Å². The van der Waals surface area contributed by atoms with E-state index in [0.29, 0.717) is 18.2 Å². The summed E-state index contributed by atoms with van der Waals surface area (Å²) < 4.78 is 11.7. The van der Waals surface area contributed by atoms with Gasteiger partial charge in [0, 0.05) is 11.1 Å². The molecule has 0 unspecified atom stereocenters. The normalized spacial score (nSPS) is 10.7. The molecular formula is C23H23N5O4S. The maximum Gasteiger partial charge on any atom is 0.245 e. The zero-order valence-corrected chi connectivity index (χ0v) is 18.8. The number of nitrogens with one attached hydrogen (secondary N) is 2. The minimum atomic E-state index is -0.551. The smallest absolute Gasteiger partial charge is 0.245 e. The molecule has 2 heterocycles. The SMILES string of the molecule is Cc1cc(Nc2ncnc3cccc(OCCNC(=O)CO)c23)ccc1OCc1cscn1. The van der Waals surface area contributed by atoms with Crippen LogP contribution in [0.15, 0.2) is 53.6 Å². The Bertz CT molecular complexity index is 1230. The fourth-order valence-corrected chi connectivity index (χ4v) is 3.73. The minimum Gasteiger partial charge on any atom is -0.491 e. The number of aliphatic hydroxyl groups excluding tert-OH is 1. The van der Waals surface area contributed by atoms with Crippen molar-refractivity contribution in [2.24, 2.45) is 0 Å². The third-order valence-electron chi connectivity index (χ3n) is 4.75. The van der Waals surface area contributed by atoms with Crippen LogP contribution in [0.5, 0.6) is 11.5 Å². The number of ether oxygens (including phenoxy) is 2. The Morgan fingerprint density at radius 1 is 1.12 bits per heavy atom. The Morgan fingerprint density at radius 2 is 2.03 bits per heavy atom.